The minimum absolute atomic E-state index is 0.111. The third-order valence-corrected chi connectivity index (χ3v) is 3.15. The van der Waals surface area contributed by atoms with Crippen molar-refractivity contribution >= 4 is 23.3 Å². The number of nitrogens with one attached hydrogen (secondary N) is 3. The average Bonchev–Trinajstić information content (AvgIpc) is 2.83. The summed E-state index contributed by atoms with van der Waals surface area (Å²) in [5, 5.41) is 8.42. The molecular formula is C14H19N3O2. The zero-order valence-corrected chi connectivity index (χ0v) is 11.0. The largest absolute Gasteiger partial charge is 0.335 e. The van der Waals surface area contributed by atoms with Crippen LogP contribution in [0.15, 0.2) is 24.3 Å². The fourth-order valence-corrected chi connectivity index (χ4v) is 2.26. The van der Waals surface area contributed by atoms with Crippen molar-refractivity contribution in [3.05, 3.63) is 24.3 Å². The molecule has 0 atom stereocenters. The highest BCUT2D eigenvalue weighted by Gasteiger charge is 2.16. The highest BCUT2D eigenvalue weighted by atomic mass is 16.2. The van der Waals surface area contributed by atoms with Gasteiger partial charge < -0.3 is 16.0 Å². The summed E-state index contributed by atoms with van der Waals surface area (Å²) >= 11 is 0. The molecule has 0 saturated heterocycles. The first-order chi connectivity index (χ1) is 9.13. The van der Waals surface area contributed by atoms with Gasteiger partial charge in [-0.2, -0.15) is 0 Å². The van der Waals surface area contributed by atoms with E-state index in [1.807, 2.05) is 0 Å². The van der Waals surface area contributed by atoms with Gasteiger partial charge in [0, 0.05) is 24.3 Å². The zero-order chi connectivity index (χ0) is 13.7. The monoisotopic (exact) mass is 261 g/mol. The molecule has 5 heteroatoms. The van der Waals surface area contributed by atoms with E-state index < -0.39 is 0 Å². The van der Waals surface area contributed by atoms with Crippen LogP contribution in [0.3, 0.4) is 0 Å². The van der Waals surface area contributed by atoms with Crippen LogP contribution in [0.4, 0.5) is 16.2 Å². The Balaban J connectivity index is 1.84. The molecule has 3 N–H and O–H groups in total. The molecule has 3 amide bonds. The van der Waals surface area contributed by atoms with Crippen molar-refractivity contribution < 1.29 is 9.59 Å². The van der Waals surface area contributed by atoms with E-state index in [-0.39, 0.29) is 11.9 Å². The van der Waals surface area contributed by atoms with Gasteiger partial charge in [-0.25, -0.2) is 4.79 Å². The van der Waals surface area contributed by atoms with Crippen LogP contribution < -0.4 is 16.0 Å². The van der Waals surface area contributed by atoms with Gasteiger partial charge in [0.05, 0.1) is 0 Å². The van der Waals surface area contributed by atoms with Crippen molar-refractivity contribution in [2.75, 3.05) is 10.6 Å². The summed E-state index contributed by atoms with van der Waals surface area (Å²) in [4.78, 5) is 22.6. The number of carbonyl (C=O) groups is 2. The van der Waals surface area contributed by atoms with Crippen LogP contribution in [-0.4, -0.2) is 18.0 Å². The average molecular weight is 261 g/mol. The summed E-state index contributed by atoms with van der Waals surface area (Å²) in [7, 11) is 0. The second-order valence-corrected chi connectivity index (χ2v) is 4.84. The Hall–Kier alpha value is -2.04. The van der Waals surface area contributed by atoms with Crippen LogP contribution in [0.1, 0.15) is 32.6 Å². The minimum atomic E-state index is -0.167. The molecule has 0 aromatic heterocycles. The van der Waals surface area contributed by atoms with E-state index in [0.717, 1.165) is 12.8 Å². The van der Waals surface area contributed by atoms with E-state index in [2.05, 4.69) is 16.0 Å². The van der Waals surface area contributed by atoms with Crippen molar-refractivity contribution in [1.82, 2.24) is 5.32 Å². The Kier molecular flexibility index (Phi) is 4.39. The molecule has 1 fully saturated rings. The zero-order valence-electron chi connectivity index (χ0n) is 11.0. The molecule has 0 aliphatic heterocycles. The highest BCUT2D eigenvalue weighted by Crippen LogP contribution is 2.18. The third kappa shape index (κ3) is 4.28. The predicted octanol–water partition coefficient (Wildman–Crippen LogP) is 2.71. The Labute approximate surface area is 112 Å². The molecule has 102 valence electrons. The third-order valence-electron chi connectivity index (χ3n) is 3.15. The van der Waals surface area contributed by atoms with Crippen LogP contribution in [0.5, 0.6) is 0 Å². The molecule has 0 radical (unpaired) electrons. The van der Waals surface area contributed by atoms with Crippen molar-refractivity contribution in [2.45, 2.75) is 38.6 Å². The maximum atomic E-state index is 11.7. The summed E-state index contributed by atoms with van der Waals surface area (Å²) in [5.41, 5.74) is 1.43. The van der Waals surface area contributed by atoms with Gasteiger partial charge in [-0.15, -0.1) is 0 Å². The lowest BCUT2D eigenvalue weighted by Crippen LogP contribution is -2.36. The standard InChI is InChI=1S/C14H19N3O2/c1-10(18)15-12-6-8-13(9-7-12)17-14(19)16-11-4-2-3-5-11/h6-9,11H,2-5H2,1H3,(H,15,18)(H2,16,17,19). The quantitative estimate of drug-likeness (QED) is 0.783. The molecule has 1 aliphatic rings. The molecule has 0 unspecified atom stereocenters. The number of anilines is 2. The number of amides is 3. The van der Waals surface area contributed by atoms with Gasteiger partial charge in [-0.3, -0.25) is 4.79 Å². The summed E-state index contributed by atoms with van der Waals surface area (Å²) in [6.45, 7) is 1.46. The molecule has 1 aromatic rings. The normalized spacial score (nSPS) is 15.0. The second-order valence-electron chi connectivity index (χ2n) is 4.84. The second kappa shape index (κ2) is 6.22. The Morgan fingerprint density at radius 2 is 1.53 bits per heavy atom. The van der Waals surface area contributed by atoms with Crippen molar-refractivity contribution in [1.29, 1.82) is 0 Å². The first-order valence-corrected chi connectivity index (χ1v) is 6.58. The molecule has 1 aromatic carbocycles. The van der Waals surface area contributed by atoms with Gasteiger partial charge in [0.2, 0.25) is 5.91 Å². The molecule has 5 nitrogen and oxygen atoms in total. The molecule has 19 heavy (non-hydrogen) atoms. The molecule has 1 aliphatic carbocycles. The Bertz CT molecular complexity index is 450. The maximum Gasteiger partial charge on any atom is 0.319 e. The Morgan fingerprint density at radius 3 is 2.05 bits per heavy atom. The van der Waals surface area contributed by atoms with E-state index in [9.17, 15) is 9.59 Å². The molecule has 1 saturated carbocycles. The summed E-state index contributed by atoms with van der Waals surface area (Å²) in [6.07, 6.45) is 4.51. The summed E-state index contributed by atoms with van der Waals surface area (Å²) in [5.74, 6) is -0.111. The van der Waals surface area contributed by atoms with Gasteiger partial charge in [0.15, 0.2) is 0 Å². The number of hydrogen-bond acceptors (Lipinski definition) is 2. The highest BCUT2D eigenvalue weighted by molar-refractivity contribution is 5.91. The van der Waals surface area contributed by atoms with Gasteiger partial charge in [-0.05, 0) is 37.1 Å². The number of urea groups is 1. The number of carbonyl (C=O) groups excluding carboxylic acids is 2. The van der Waals surface area contributed by atoms with Crippen LogP contribution in [-0.2, 0) is 4.79 Å². The molecule has 2 rings (SSSR count). The van der Waals surface area contributed by atoms with Crippen LogP contribution >= 0.6 is 0 Å². The van der Waals surface area contributed by atoms with Crippen LogP contribution in [0, 0.1) is 0 Å². The molecular weight excluding hydrogens is 242 g/mol. The number of hydrogen-bond donors (Lipinski definition) is 3. The fourth-order valence-electron chi connectivity index (χ4n) is 2.26. The lowest BCUT2D eigenvalue weighted by molar-refractivity contribution is -0.114. The molecule has 0 bridgehead atoms. The van der Waals surface area contributed by atoms with Crippen LogP contribution in [0.25, 0.3) is 0 Å². The SMILES string of the molecule is CC(=O)Nc1ccc(NC(=O)NC2CCCC2)cc1. The molecule has 0 heterocycles. The molecule has 0 spiro atoms. The first kappa shape index (κ1) is 13.4. The van der Waals surface area contributed by atoms with Gasteiger partial charge in [0.1, 0.15) is 0 Å². The lowest BCUT2D eigenvalue weighted by atomic mass is 10.2. The van der Waals surface area contributed by atoms with Gasteiger partial charge in [0.25, 0.3) is 0 Å². The van der Waals surface area contributed by atoms with E-state index in [0.29, 0.717) is 17.4 Å². The lowest BCUT2D eigenvalue weighted by Gasteiger charge is -2.13. The van der Waals surface area contributed by atoms with Crippen molar-refractivity contribution in [3.8, 4) is 0 Å². The summed E-state index contributed by atoms with van der Waals surface area (Å²) in [6, 6.07) is 7.18. The topological polar surface area (TPSA) is 70.2 Å². The van der Waals surface area contributed by atoms with E-state index in [4.69, 9.17) is 0 Å². The van der Waals surface area contributed by atoms with Crippen molar-refractivity contribution in [3.63, 3.8) is 0 Å². The van der Waals surface area contributed by atoms with Gasteiger partial charge in [-0.1, -0.05) is 12.8 Å². The number of rotatable bonds is 3. The minimum Gasteiger partial charge on any atom is -0.335 e. The van der Waals surface area contributed by atoms with Crippen molar-refractivity contribution in [2.24, 2.45) is 0 Å². The number of benzene rings is 1. The van der Waals surface area contributed by atoms with Crippen LogP contribution in [0.2, 0.25) is 0 Å². The van der Waals surface area contributed by atoms with E-state index in [1.165, 1.54) is 19.8 Å². The van der Waals surface area contributed by atoms with E-state index in [1.54, 1.807) is 24.3 Å². The maximum absolute atomic E-state index is 11.7. The first-order valence-electron chi connectivity index (χ1n) is 6.58. The van der Waals surface area contributed by atoms with Gasteiger partial charge >= 0.3 is 6.03 Å². The fraction of sp³-hybridized carbons (Fsp3) is 0.429. The predicted molar refractivity (Wildman–Crippen MR) is 75.2 cm³/mol. The smallest absolute Gasteiger partial charge is 0.319 e. The van der Waals surface area contributed by atoms with E-state index >= 15 is 0 Å². The summed E-state index contributed by atoms with van der Waals surface area (Å²) < 4.78 is 0. The Morgan fingerprint density at radius 1 is 1.00 bits per heavy atom.